The Hall–Kier alpha value is -1.32. The Balaban J connectivity index is 2.47. The highest BCUT2D eigenvalue weighted by Crippen LogP contribution is 2.22. The van der Waals surface area contributed by atoms with E-state index in [4.69, 9.17) is 23.2 Å². The van der Waals surface area contributed by atoms with Gasteiger partial charge in [-0.25, -0.2) is 4.98 Å². The van der Waals surface area contributed by atoms with Gasteiger partial charge in [0.25, 0.3) is 0 Å². The van der Waals surface area contributed by atoms with Crippen molar-refractivity contribution in [3.05, 3.63) is 52.0 Å². The number of aryl methyl sites for hydroxylation is 1. The predicted molar refractivity (Wildman–Crippen MR) is 67.8 cm³/mol. The second-order valence-electron chi connectivity index (χ2n) is 3.49. The molecule has 0 aliphatic heterocycles. The molecule has 1 aromatic heterocycles. The summed E-state index contributed by atoms with van der Waals surface area (Å²) in [6.45, 7) is 2.62. The van der Waals surface area contributed by atoms with E-state index in [0.29, 0.717) is 28.0 Å². The Labute approximate surface area is 109 Å². The lowest BCUT2D eigenvalue weighted by Gasteiger charge is -2.05. The molecule has 0 saturated carbocycles. The van der Waals surface area contributed by atoms with Crippen LogP contribution in [0.1, 0.15) is 23.1 Å². The van der Waals surface area contributed by atoms with Crippen LogP contribution in [0.3, 0.4) is 0 Å². The van der Waals surface area contributed by atoms with Gasteiger partial charge in [0, 0.05) is 29.5 Å². The van der Waals surface area contributed by atoms with Crippen molar-refractivity contribution in [1.29, 1.82) is 0 Å². The first-order valence-electron chi connectivity index (χ1n) is 5.14. The highest BCUT2D eigenvalue weighted by molar-refractivity contribution is 6.36. The Morgan fingerprint density at radius 3 is 2.88 bits per heavy atom. The fourth-order valence-corrected chi connectivity index (χ4v) is 1.94. The van der Waals surface area contributed by atoms with Gasteiger partial charge in [-0.15, -0.1) is 0 Å². The molecule has 1 heterocycles. The zero-order valence-corrected chi connectivity index (χ0v) is 10.7. The van der Waals surface area contributed by atoms with E-state index in [0.717, 1.165) is 0 Å². The highest BCUT2D eigenvalue weighted by Gasteiger charge is 2.17. The standard InChI is InChI=1S/C12H10Cl2N2O/c1-2-16-6-5-15-12(16)11(17)9-7-8(13)3-4-10(9)14/h3-7H,2H2,1H3. The summed E-state index contributed by atoms with van der Waals surface area (Å²) in [6, 6.07) is 4.81. The van der Waals surface area contributed by atoms with Crippen LogP contribution in [0, 0.1) is 0 Å². The Morgan fingerprint density at radius 1 is 1.41 bits per heavy atom. The fourth-order valence-electron chi connectivity index (χ4n) is 1.57. The number of aromatic nitrogens is 2. The molecule has 88 valence electrons. The average Bonchev–Trinajstić information content (AvgIpc) is 2.79. The van der Waals surface area contributed by atoms with Gasteiger partial charge in [0.15, 0.2) is 5.82 Å². The summed E-state index contributed by atoms with van der Waals surface area (Å²) in [4.78, 5) is 16.3. The van der Waals surface area contributed by atoms with E-state index in [1.54, 1.807) is 35.2 Å². The van der Waals surface area contributed by atoms with E-state index < -0.39 is 0 Å². The van der Waals surface area contributed by atoms with Crippen molar-refractivity contribution in [2.75, 3.05) is 0 Å². The minimum atomic E-state index is -0.218. The van der Waals surface area contributed by atoms with Crippen LogP contribution in [0.4, 0.5) is 0 Å². The zero-order valence-electron chi connectivity index (χ0n) is 9.15. The van der Waals surface area contributed by atoms with Crippen molar-refractivity contribution < 1.29 is 4.79 Å². The van der Waals surface area contributed by atoms with Crippen molar-refractivity contribution in [2.24, 2.45) is 0 Å². The van der Waals surface area contributed by atoms with Crippen molar-refractivity contribution in [1.82, 2.24) is 9.55 Å². The quantitative estimate of drug-likeness (QED) is 0.800. The van der Waals surface area contributed by atoms with E-state index in [9.17, 15) is 4.79 Å². The number of ketones is 1. The van der Waals surface area contributed by atoms with E-state index in [-0.39, 0.29) is 5.78 Å². The van der Waals surface area contributed by atoms with E-state index >= 15 is 0 Å². The maximum absolute atomic E-state index is 12.2. The Bertz CT molecular complexity index is 563. The zero-order chi connectivity index (χ0) is 12.4. The summed E-state index contributed by atoms with van der Waals surface area (Å²) in [7, 11) is 0. The lowest BCUT2D eigenvalue weighted by Crippen LogP contribution is -2.11. The molecule has 0 fully saturated rings. The molecule has 0 atom stereocenters. The Morgan fingerprint density at radius 2 is 2.18 bits per heavy atom. The smallest absolute Gasteiger partial charge is 0.229 e. The van der Waals surface area contributed by atoms with Gasteiger partial charge in [0.1, 0.15) is 0 Å². The lowest BCUT2D eigenvalue weighted by molar-refractivity contribution is 0.102. The molecule has 0 radical (unpaired) electrons. The summed E-state index contributed by atoms with van der Waals surface area (Å²) in [6.07, 6.45) is 3.35. The summed E-state index contributed by atoms with van der Waals surface area (Å²) in [5, 5.41) is 0.859. The fraction of sp³-hybridized carbons (Fsp3) is 0.167. The Kier molecular flexibility index (Phi) is 3.50. The number of benzene rings is 1. The maximum Gasteiger partial charge on any atom is 0.229 e. The normalized spacial score (nSPS) is 10.5. The second kappa shape index (κ2) is 4.90. The first-order chi connectivity index (χ1) is 8.13. The minimum absolute atomic E-state index is 0.218. The maximum atomic E-state index is 12.2. The van der Waals surface area contributed by atoms with Gasteiger partial charge < -0.3 is 4.57 Å². The molecule has 1 aromatic carbocycles. The van der Waals surface area contributed by atoms with Gasteiger partial charge in [-0.05, 0) is 25.1 Å². The van der Waals surface area contributed by atoms with Crippen LogP contribution in [-0.2, 0) is 6.54 Å². The monoisotopic (exact) mass is 268 g/mol. The number of carbonyl (C=O) groups is 1. The topological polar surface area (TPSA) is 34.9 Å². The average molecular weight is 269 g/mol. The minimum Gasteiger partial charge on any atom is -0.328 e. The SMILES string of the molecule is CCn1ccnc1C(=O)c1cc(Cl)ccc1Cl. The van der Waals surface area contributed by atoms with Crippen molar-refractivity contribution >= 4 is 29.0 Å². The molecule has 2 rings (SSSR count). The van der Waals surface area contributed by atoms with Gasteiger partial charge in [-0.2, -0.15) is 0 Å². The number of rotatable bonds is 3. The van der Waals surface area contributed by atoms with Crippen molar-refractivity contribution in [3.8, 4) is 0 Å². The number of imidazole rings is 1. The third-order valence-corrected chi connectivity index (χ3v) is 3.00. The molecule has 3 nitrogen and oxygen atoms in total. The molecule has 0 spiro atoms. The van der Waals surface area contributed by atoms with Crippen LogP contribution < -0.4 is 0 Å². The van der Waals surface area contributed by atoms with E-state index in [2.05, 4.69) is 4.98 Å². The van der Waals surface area contributed by atoms with Crippen molar-refractivity contribution in [3.63, 3.8) is 0 Å². The number of hydrogen-bond acceptors (Lipinski definition) is 2. The van der Waals surface area contributed by atoms with Crippen LogP contribution in [0.15, 0.2) is 30.6 Å². The van der Waals surface area contributed by atoms with Gasteiger partial charge in [0.2, 0.25) is 5.78 Å². The molecule has 0 saturated heterocycles. The molecule has 5 heteroatoms. The second-order valence-corrected chi connectivity index (χ2v) is 4.33. The predicted octanol–water partition coefficient (Wildman–Crippen LogP) is 3.44. The van der Waals surface area contributed by atoms with E-state index in [1.807, 2.05) is 6.92 Å². The number of hydrogen-bond donors (Lipinski definition) is 0. The summed E-state index contributed by atoms with van der Waals surface area (Å²) in [5.74, 6) is 0.154. The molecule has 0 amide bonds. The number of halogens is 2. The summed E-state index contributed by atoms with van der Waals surface area (Å²) in [5.41, 5.74) is 0.375. The first-order valence-corrected chi connectivity index (χ1v) is 5.90. The molecule has 0 unspecified atom stereocenters. The molecule has 0 bridgehead atoms. The molecular weight excluding hydrogens is 259 g/mol. The number of nitrogens with zero attached hydrogens (tertiary/aromatic N) is 2. The third-order valence-electron chi connectivity index (χ3n) is 2.43. The molecule has 17 heavy (non-hydrogen) atoms. The third kappa shape index (κ3) is 2.35. The van der Waals surface area contributed by atoms with Crippen LogP contribution in [0.5, 0.6) is 0 Å². The molecular formula is C12H10Cl2N2O. The van der Waals surface area contributed by atoms with Crippen LogP contribution in [0.2, 0.25) is 10.0 Å². The molecule has 0 aliphatic rings. The number of carbonyl (C=O) groups excluding carboxylic acids is 1. The highest BCUT2D eigenvalue weighted by atomic mass is 35.5. The first kappa shape index (κ1) is 12.1. The van der Waals surface area contributed by atoms with Gasteiger partial charge in [-0.3, -0.25) is 4.79 Å². The molecule has 2 aromatic rings. The van der Waals surface area contributed by atoms with Crippen molar-refractivity contribution in [2.45, 2.75) is 13.5 Å². The summed E-state index contributed by atoms with van der Waals surface area (Å²) < 4.78 is 1.76. The van der Waals surface area contributed by atoms with Gasteiger partial charge in [-0.1, -0.05) is 23.2 Å². The van der Waals surface area contributed by atoms with Gasteiger partial charge >= 0.3 is 0 Å². The summed E-state index contributed by atoms with van der Waals surface area (Å²) >= 11 is 11.8. The molecule has 0 aliphatic carbocycles. The van der Waals surface area contributed by atoms with E-state index in [1.165, 1.54) is 0 Å². The molecule has 0 N–H and O–H groups in total. The van der Waals surface area contributed by atoms with Gasteiger partial charge in [0.05, 0.1) is 5.02 Å². The largest absolute Gasteiger partial charge is 0.328 e. The van der Waals surface area contributed by atoms with Crippen LogP contribution >= 0.6 is 23.2 Å². The van der Waals surface area contributed by atoms with Crippen LogP contribution in [0.25, 0.3) is 0 Å². The lowest BCUT2D eigenvalue weighted by atomic mass is 10.1. The van der Waals surface area contributed by atoms with Crippen LogP contribution in [-0.4, -0.2) is 15.3 Å².